The third kappa shape index (κ3) is 5.74. The topological polar surface area (TPSA) is 101 Å². The van der Waals surface area contributed by atoms with Gasteiger partial charge in [0.25, 0.3) is 0 Å². The third-order valence-corrected chi connectivity index (χ3v) is 11.2. The Bertz CT molecular complexity index is 646. The second-order valence-electron chi connectivity index (χ2n) is 10.2. The van der Waals surface area contributed by atoms with Gasteiger partial charge in [-0.3, -0.25) is 9.89 Å². The van der Waals surface area contributed by atoms with Gasteiger partial charge in [-0.15, -0.1) is 0 Å². The summed E-state index contributed by atoms with van der Waals surface area (Å²) in [5.74, 6) is 0. The van der Waals surface area contributed by atoms with E-state index >= 15 is 0 Å². The van der Waals surface area contributed by atoms with Gasteiger partial charge >= 0.3 is 6.09 Å². The van der Waals surface area contributed by atoms with Gasteiger partial charge in [-0.05, 0) is 38.9 Å². The third-order valence-electron chi connectivity index (χ3n) is 5.52. The maximum absolute atomic E-state index is 12.3. The summed E-state index contributed by atoms with van der Waals surface area (Å²) in [6.45, 7) is 16.3. The van der Waals surface area contributed by atoms with Gasteiger partial charge in [-0.25, -0.2) is 4.79 Å². The van der Waals surface area contributed by atoms with E-state index in [1.54, 1.807) is 27.8 Å². The number of ether oxygens (including phenoxy) is 2. The number of carbonyl (C=O) groups excluding carboxylic acids is 1. The van der Waals surface area contributed by atoms with Crippen LogP contribution in [0.15, 0.2) is 4.99 Å². The minimum absolute atomic E-state index is 0.0300. The largest absolute Gasteiger partial charge is 0.443 e. The maximum atomic E-state index is 12.3. The van der Waals surface area contributed by atoms with Crippen molar-refractivity contribution in [1.82, 2.24) is 4.90 Å². The highest BCUT2D eigenvalue weighted by Crippen LogP contribution is 2.40. The standard InChI is InChI=1S/C19H36N2O6SSi/c1-18(2,3)27-17(24)21(7)16-20-12-14(23)13(22)11(26-15(12)28-16)10-25-29(8,9)19(4,5)6/h11-15,22-23H,10H2,1-9H3/t11?,12-,13-,14-,15-/m1/s1. The van der Waals surface area contributed by atoms with Gasteiger partial charge in [0, 0.05) is 7.05 Å². The molecule has 0 saturated carbocycles. The highest BCUT2D eigenvalue weighted by molar-refractivity contribution is 8.14. The van der Waals surface area contributed by atoms with E-state index in [4.69, 9.17) is 13.9 Å². The summed E-state index contributed by atoms with van der Waals surface area (Å²) in [5.41, 5.74) is -1.12. The molecule has 0 aromatic carbocycles. The molecular formula is C19H36N2O6SSi. The van der Waals surface area contributed by atoms with Crippen LogP contribution >= 0.6 is 11.8 Å². The van der Waals surface area contributed by atoms with E-state index < -0.39 is 49.8 Å². The van der Waals surface area contributed by atoms with Crippen LogP contribution in [-0.4, -0.2) is 83.7 Å². The van der Waals surface area contributed by atoms with Crippen LogP contribution in [0.3, 0.4) is 0 Å². The quantitative estimate of drug-likeness (QED) is 0.640. The summed E-state index contributed by atoms with van der Waals surface area (Å²) in [7, 11) is -0.453. The highest BCUT2D eigenvalue weighted by Gasteiger charge is 2.50. The van der Waals surface area contributed by atoms with Crippen molar-refractivity contribution in [3.8, 4) is 0 Å². The summed E-state index contributed by atoms with van der Waals surface area (Å²) < 4.78 is 17.6. The van der Waals surface area contributed by atoms with Crippen LogP contribution in [0.5, 0.6) is 0 Å². The Kier molecular flexibility index (Phi) is 7.19. The van der Waals surface area contributed by atoms with Crippen LogP contribution in [0.25, 0.3) is 0 Å². The first-order valence-corrected chi connectivity index (χ1v) is 13.7. The number of hydrogen-bond donors (Lipinski definition) is 2. The Balaban J connectivity index is 2.04. The Labute approximate surface area is 179 Å². The molecule has 0 bridgehead atoms. The molecule has 0 aromatic heterocycles. The van der Waals surface area contributed by atoms with E-state index in [9.17, 15) is 15.0 Å². The van der Waals surface area contributed by atoms with Crippen molar-refractivity contribution in [2.75, 3.05) is 13.7 Å². The summed E-state index contributed by atoms with van der Waals surface area (Å²) in [6.07, 6.45) is -3.40. The lowest BCUT2D eigenvalue weighted by molar-refractivity contribution is -0.162. The van der Waals surface area contributed by atoms with Crippen molar-refractivity contribution in [1.29, 1.82) is 0 Å². The number of aliphatic imine (C=N–C) groups is 1. The van der Waals surface area contributed by atoms with Gasteiger partial charge in [-0.1, -0.05) is 32.5 Å². The van der Waals surface area contributed by atoms with E-state index in [2.05, 4.69) is 38.9 Å². The molecule has 29 heavy (non-hydrogen) atoms. The molecule has 168 valence electrons. The molecule has 2 aliphatic heterocycles. The first-order chi connectivity index (χ1) is 13.0. The van der Waals surface area contributed by atoms with Crippen LogP contribution in [0, 0.1) is 0 Å². The Hall–Kier alpha value is -0.653. The summed E-state index contributed by atoms with van der Waals surface area (Å²) in [5, 5.41) is 21.6. The number of hydrogen-bond acceptors (Lipinski definition) is 8. The van der Waals surface area contributed by atoms with Crippen LogP contribution in [0.2, 0.25) is 18.1 Å². The van der Waals surface area contributed by atoms with Gasteiger partial charge in [-0.2, -0.15) is 0 Å². The molecule has 5 atom stereocenters. The smallest absolute Gasteiger partial charge is 0.416 e. The van der Waals surface area contributed by atoms with Crippen molar-refractivity contribution in [2.45, 2.75) is 95.1 Å². The summed E-state index contributed by atoms with van der Waals surface area (Å²) >= 11 is 1.24. The van der Waals surface area contributed by atoms with Crippen LogP contribution in [-0.2, 0) is 13.9 Å². The number of rotatable bonds is 3. The Morgan fingerprint density at radius 2 is 1.79 bits per heavy atom. The molecule has 10 heteroatoms. The van der Waals surface area contributed by atoms with Crippen LogP contribution in [0.1, 0.15) is 41.5 Å². The van der Waals surface area contributed by atoms with Crippen molar-refractivity contribution in [3.63, 3.8) is 0 Å². The lowest BCUT2D eigenvalue weighted by Crippen LogP contribution is -2.57. The average molecular weight is 449 g/mol. The number of aliphatic hydroxyl groups excluding tert-OH is 2. The molecule has 1 unspecified atom stereocenters. The van der Waals surface area contributed by atoms with E-state index in [0.29, 0.717) is 5.17 Å². The molecular weight excluding hydrogens is 412 g/mol. The zero-order chi connectivity index (χ0) is 22.4. The van der Waals surface area contributed by atoms with Gasteiger partial charge in [0.1, 0.15) is 35.4 Å². The van der Waals surface area contributed by atoms with E-state index in [1.165, 1.54) is 16.7 Å². The van der Waals surface area contributed by atoms with Gasteiger partial charge in [0.2, 0.25) is 0 Å². The molecule has 0 aromatic rings. The number of nitrogens with zero attached hydrogens (tertiary/aromatic N) is 2. The lowest BCUT2D eigenvalue weighted by Gasteiger charge is -2.41. The summed E-state index contributed by atoms with van der Waals surface area (Å²) in [4.78, 5) is 18.0. The second kappa shape index (κ2) is 8.47. The molecule has 0 spiro atoms. The highest BCUT2D eigenvalue weighted by atomic mass is 32.2. The molecule has 1 amide bonds. The number of amides is 1. The van der Waals surface area contributed by atoms with E-state index in [0.717, 1.165) is 0 Å². The monoisotopic (exact) mass is 448 g/mol. The molecule has 1 fully saturated rings. The zero-order valence-corrected chi connectivity index (χ0v) is 20.7. The molecule has 2 N–H and O–H groups in total. The number of fused-ring (bicyclic) bond motifs is 1. The SMILES string of the molecule is CN(C(=O)OC(C)(C)C)C1=N[C@@H]2[C@@H](O)[C@H](O)C(CO[Si](C)(C)C(C)(C)C)O[C@@H]2S1. The van der Waals surface area contributed by atoms with Crippen molar-refractivity contribution in [2.24, 2.45) is 4.99 Å². The molecule has 2 rings (SSSR count). The van der Waals surface area contributed by atoms with E-state index in [-0.39, 0.29) is 11.6 Å². The zero-order valence-electron chi connectivity index (χ0n) is 18.9. The number of amidine groups is 1. The second-order valence-corrected chi connectivity index (χ2v) is 16.0. The van der Waals surface area contributed by atoms with Gasteiger partial charge < -0.3 is 24.1 Å². The fraction of sp³-hybridized carbons (Fsp3) is 0.895. The first-order valence-electron chi connectivity index (χ1n) is 9.90. The van der Waals surface area contributed by atoms with Crippen LogP contribution in [0.4, 0.5) is 4.79 Å². The van der Waals surface area contributed by atoms with Crippen LogP contribution < -0.4 is 0 Å². The Morgan fingerprint density at radius 1 is 1.21 bits per heavy atom. The normalized spacial score (nSPS) is 30.6. The van der Waals surface area contributed by atoms with Crippen molar-refractivity contribution in [3.05, 3.63) is 0 Å². The molecule has 2 heterocycles. The lowest BCUT2D eigenvalue weighted by atomic mass is 9.99. The average Bonchev–Trinajstić information content (AvgIpc) is 2.97. The van der Waals surface area contributed by atoms with E-state index in [1.807, 2.05) is 0 Å². The molecule has 8 nitrogen and oxygen atoms in total. The maximum Gasteiger partial charge on any atom is 0.416 e. The van der Waals surface area contributed by atoms with Gasteiger partial charge in [0.05, 0.1) is 6.61 Å². The minimum atomic E-state index is -2.02. The fourth-order valence-corrected chi connectivity index (χ4v) is 4.83. The predicted octanol–water partition coefficient (Wildman–Crippen LogP) is 2.79. The van der Waals surface area contributed by atoms with Crippen molar-refractivity contribution < 1.29 is 28.9 Å². The first kappa shape index (κ1) is 24.6. The van der Waals surface area contributed by atoms with Crippen molar-refractivity contribution >= 4 is 31.3 Å². The molecule has 1 saturated heterocycles. The van der Waals surface area contributed by atoms with Gasteiger partial charge in [0.15, 0.2) is 13.5 Å². The molecule has 2 aliphatic rings. The predicted molar refractivity (Wildman–Crippen MR) is 117 cm³/mol. The minimum Gasteiger partial charge on any atom is -0.443 e. The molecule has 0 radical (unpaired) electrons. The fourth-order valence-electron chi connectivity index (χ4n) is 2.63. The number of carbonyl (C=O) groups is 1. The number of thioether (sulfide) groups is 1. The number of aliphatic hydroxyl groups is 2. The summed E-state index contributed by atoms with van der Waals surface area (Å²) in [6, 6.07) is -0.654. The Morgan fingerprint density at radius 3 is 2.31 bits per heavy atom. The molecule has 0 aliphatic carbocycles.